The lowest BCUT2D eigenvalue weighted by Crippen LogP contribution is -1.99. The van der Waals surface area contributed by atoms with Gasteiger partial charge in [0.15, 0.2) is 0 Å². The third-order valence-corrected chi connectivity index (χ3v) is 3.86. The molecule has 0 aliphatic carbocycles. The topological polar surface area (TPSA) is 20.2 Å². The van der Waals surface area contributed by atoms with Gasteiger partial charge < -0.3 is 5.11 Å². The summed E-state index contributed by atoms with van der Waals surface area (Å²) in [7, 11) is 0. The van der Waals surface area contributed by atoms with Crippen molar-refractivity contribution < 1.29 is 5.11 Å². The Bertz CT molecular complexity index is 145. The maximum absolute atomic E-state index is 8.91. The molecule has 0 unspecified atom stereocenters. The van der Waals surface area contributed by atoms with Gasteiger partial charge >= 0.3 is 0 Å². The average molecular weight is 256 g/mol. The van der Waals surface area contributed by atoms with Gasteiger partial charge in [-0.05, 0) is 12.3 Å². The van der Waals surface area contributed by atoms with Gasteiger partial charge in [-0.3, -0.25) is 0 Å². The molecule has 1 N–H and O–H groups in total. The number of hydrogen-bond donors (Lipinski definition) is 1. The van der Waals surface area contributed by atoms with E-state index in [0.29, 0.717) is 12.5 Å². The molecule has 1 atom stereocenters. The minimum atomic E-state index is 0.359. The summed E-state index contributed by atoms with van der Waals surface area (Å²) in [4.78, 5) is 0. The highest BCUT2D eigenvalue weighted by Gasteiger charge is 1.99. The number of aliphatic hydroxyl groups excluding tert-OH is 1. The lowest BCUT2D eigenvalue weighted by Gasteiger charge is -2.06. The van der Waals surface area contributed by atoms with Crippen molar-refractivity contribution in [3.63, 3.8) is 0 Å². The smallest absolute Gasteiger partial charge is 0.0456 e. The van der Waals surface area contributed by atoms with Crippen molar-refractivity contribution in [3.05, 3.63) is 0 Å². The van der Waals surface area contributed by atoms with Crippen LogP contribution in [-0.2, 0) is 0 Å². The van der Waals surface area contributed by atoms with E-state index < -0.39 is 0 Å². The SMILES string of the molecule is CCCCCCCCCCCCCC[C@H](C)CO. The molecule has 0 rings (SSSR count). The molecule has 110 valence electrons. The first-order chi connectivity index (χ1) is 8.81. The van der Waals surface area contributed by atoms with E-state index in [0.717, 1.165) is 0 Å². The first kappa shape index (κ1) is 18.0. The molecule has 0 aliphatic heterocycles. The maximum Gasteiger partial charge on any atom is 0.0456 e. The van der Waals surface area contributed by atoms with Gasteiger partial charge in [0.25, 0.3) is 0 Å². The third kappa shape index (κ3) is 14.0. The summed E-state index contributed by atoms with van der Waals surface area (Å²) in [5.41, 5.74) is 0. The molecule has 0 aromatic heterocycles. The van der Waals surface area contributed by atoms with E-state index in [4.69, 9.17) is 5.11 Å². The zero-order chi connectivity index (χ0) is 13.5. The number of unbranched alkanes of at least 4 members (excludes halogenated alkanes) is 11. The Labute approximate surface area is 115 Å². The van der Waals surface area contributed by atoms with Gasteiger partial charge in [0.05, 0.1) is 0 Å². The van der Waals surface area contributed by atoms with Crippen LogP contribution in [0.3, 0.4) is 0 Å². The van der Waals surface area contributed by atoms with Gasteiger partial charge in [-0.2, -0.15) is 0 Å². The molecular formula is C17H36O. The van der Waals surface area contributed by atoms with Crippen LogP contribution in [0.25, 0.3) is 0 Å². The lowest BCUT2D eigenvalue weighted by atomic mass is 10.0. The summed E-state index contributed by atoms with van der Waals surface area (Å²) >= 11 is 0. The third-order valence-electron chi connectivity index (χ3n) is 3.86. The summed E-state index contributed by atoms with van der Waals surface area (Å²) in [5.74, 6) is 0.508. The summed E-state index contributed by atoms with van der Waals surface area (Å²) in [6, 6.07) is 0. The molecule has 0 spiro atoms. The second-order valence-electron chi connectivity index (χ2n) is 5.97. The molecule has 1 nitrogen and oxygen atoms in total. The molecule has 1 heteroatoms. The molecule has 0 aromatic carbocycles. The van der Waals surface area contributed by atoms with Crippen molar-refractivity contribution in [1.82, 2.24) is 0 Å². The van der Waals surface area contributed by atoms with Crippen LogP contribution in [-0.4, -0.2) is 11.7 Å². The van der Waals surface area contributed by atoms with Crippen molar-refractivity contribution in [3.8, 4) is 0 Å². The van der Waals surface area contributed by atoms with E-state index in [2.05, 4.69) is 13.8 Å². The van der Waals surface area contributed by atoms with Crippen LogP contribution in [0.2, 0.25) is 0 Å². The van der Waals surface area contributed by atoms with Crippen LogP contribution in [0.15, 0.2) is 0 Å². The van der Waals surface area contributed by atoms with Crippen LogP contribution >= 0.6 is 0 Å². The largest absolute Gasteiger partial charge is 0.396 e. The highest BCUT2D eigenvalue weighted by molar-refractivity contribution is 4.52. The summed E-state index contributed by atoms with van der Waals surface area (Å²) in [6.07, 6.45) is 18.1. The molecule has 0 fully saturated rings. The molecule has 0 amide bonds. The Kier molecular flexibility index (Phi) is 15.0. The van der Waals surface area contributed by atoms with Gasteiger partial charge in [-0.25, -0.2) is 0 Å². The highest BCUT2D eigenvalue weighted by atomic mass is 16.3. The maximum atomic E-state index is 8.91. The Morgan fingerprint density at radius 2 is 1.06 bits per heavy atom. The van der Waals surface area contributed by atoms with E-state index in [9.17, 15) is 0 Å². The fraction of sp³-hybridized carbons (Fsp3) is 1.00. The van der Waals surface area contributed by atoms with Crippen molar-refractivity contribution in [2.45, 2.75) is 97.3 Å². The monoisotopic (exact) mass is 256 g/mol. The molecule has 0 radical (unpaired) electrons. The summed E-state index contributed by atoms with van der Waals surface area (Å²) in [6.45, 7) is 4.78. The molecule has 0 saturated carbocycles. The quantitative estimate of drug-likeness (QED) is 0.395. The van der Waals surface area contributed by atoms with Crippen molar-refractivity contribution >= 4 is 0 Å². The molecule has 18 heavy (non-hydrogen) atoms. The van der Waals surface area contributed by atoms with E-state index >= 15 is 0 Å². The predicted octanol–water partition coefficient (Wildman–Crippen LogP) is 5.71. The van der Waals surface area contributed by atoms with E-state index in [1.54, 1.807) is 0 Å². The van der Waals surface area contributed by atoms with Crippen molar-refractivity contribution in [1.29, 1.82) is 0 Å². The van der Waals surface area contributed by atoms with Crippen LogP contribution in [0, 0.1) is 5.92 Å². The first-order valence-electron chi connectivity index (χ1n) is 8.42. The Morgan fingerprint density at radius 1 is 0.667 bits per heavy atom. The first-order valence-corrected chi connectivity index (χ1v) is 8.42. The molecule has 0 aromatic rings. The number of aliphatic hydroxyl groups is 1. The molecule has 0 heterocycles. The predicted molar refractivity (Wildman–Crippen MR) is 81.9 cm³/mol. The molecule has 0 saturated heterocycles. The van der Waals surface area contributed by atoms with Crippen LogP contribution in [0.1, 0.15) is 97.3 Å². The molecule has 0 aliphatic rings. The second-order valence-corrected chi connectivity index (χ2v) is 5.97. The molecular weight excluding hydrogens is 220 g/mol. The Balaban J connectivity index is 2.94. The van der Waals surface area contributed by atoms with Gasteiger partial charge in [0.1, 0.15) is 0 Å². The van der Waals surface area contributed by atoms with E-state index in [-0.39, 0.29) is 0 Å². The van der Waals surface area contributed by atoms with Crippen molar-refractivity contribution in [2.24, 2.45) is 5.92 Å². The van der Waals surface area contributed by atoms with Gasteiger partial charge in [-0.15, -0.1) is 0 Å². The number of hydrogen-bond acceptors (Lipinski definition) is 1. The van der Waals surface area contributed by atoms with Crippen LogP contribution in [0.5, 0.6) is 0 Å². The second kappa shape index (κ2) is 15.0. The standard InChI is InChI=1S/C17H36O/c1-3-4-5-6-7-8-9-10-11-12-13-14-15-17(2)16-18/h17-18H,3-16H2,1-2H3/t17-/m0/s1. The zero-order valence-corrected chi connectivity index (χ0v) is 12.9. The van der Waals surface area contributed by atoms with Gasteiger partial charge in [0.2, 0.25) is 0 Å². The fourth-order valence-corrected chi connectivity index (χ4v) is 2.43. The Hall–Kier alpha value is -0.0400. The van der Waals surface area contributed by atoms with Crippen LogP contribution in [0.4, 0.5) is 0 Å². The van der Waals surface area contributed by atoms with E-state index in [1.165, 1.54) is 83.5 Å². The van der Waals surface area contributed by atoms with Gasteiger partial charge in [-0.1, -0.05) is 90.9 Å². The minimum Gasteiger partial charge on any atom is -0.396 e. The zero-order valence-electron chi connectivity index (χ0n) is 12.9. The lowest BCUT2D eigenvalue weighted by molar-refractivity contribution is 0.227. The number of rotatable bonds is 14. The highest BCUT2D eigenvalue weighted by Crippen LogP contribution is 2.14. The summed E-state index contributed by atoms with van der Waals surface area (Å²) in [5, 5.41) is 8.91. The Morgan fingerprint density at radius 3 is 1.44 bits per heavy atom. The summed E-state index contributed by atoms with van der Waals surface area (Å²) < 4.78 is 0. The van der Waals surface area contributed by atoms with Gasteiger partial charge in [0, 0.05) is 6.61 Å². The fourth-order valence-electron chi connectivity index (χ4n) is 2.43. The average Bonchev–Trinajstić information content (AvgIpc) is 2.39. The van der Waals surface area contributed by atoms with E-state index in [1.807, 2.05) is 0 Å². The minimum absolute atomic E-state index is 0.359. The normalized spacial score (nSPS) is 12.8. The van der Waals surface area contributed by atoms with Crippen LogP contribution < -0.4 is 0 Å². The van der Waals surface area contributed by atoms with Crippen molar-refractivity contribution in [2.75, 3.05) is 6.61 Å². The molecule has 0 bridgehead atoms.